The van der Waals surface area contributed by atoms with Gasteiger partial charge >= 0.3 is 0 Å². The highest BCUT2D eigenvalue weighted by Gasteiger charge is 2.12. The predicted molar refractivity (Wildman–Crippen MR) is 62.1 cm³/mol. The van der Waals surface area contributed by atoms with Crippen molar-refractivity contribution in [1.82, 2.24) is 15.2 Å². The zero-order chi connectivity index (χ0) is 11.4. The summed E-state index contributed by atoms with van der Waals surface area (Å²) < 4.78 is 1.88. The van der Waals surface area contributed by atoms with Crippen molar-refractivity contribution in [3.05, 3.63) is 29.1 Å². The minimum atomic E-state index is 0.0350. The fraction of sp³-hybridized carbons (Fsp3) is 0.545. The first-order valence-corrected chi connectivity index (χ1v) is 5.22. The molecule has 4 nitrogen and oxygen atoms in total. The Labute approximate surface area is 91.1 Å². The summed E-state index contributed by atoms with van der Waals surface area (Å²) in [6.07, 6.45) is 3.04. The molecule has 0 aliphatic heterocycles. The number of nitrogens with two attached hydrogens (primary N) is 1. The van der Waals surface area contributed by atoms with Crippen molar-refractivity contribution in [1.29, 1.82) is 0 Å². The molecule has 1 unspecified atom stereocenters. The van der Waals surface area contributed by atoms with Crippen LogP contribution in [0.1, 0.15) is 38.2 Å². The Morgan fingerprint density at radius 1 is 1.67 bits per heavy atom. The van der Waals surface area contributed by atoms with E-state index in [1.807, 2.05) is 11.7 Å². The van der Waals surface area contributed by atoms with Gasteiger partial charge in [0, 0.05) is 7.05 Å². The first kappa shape index (κ1) is 11.9. The number of nitrogens with one attached hydrogen (secondary N) is 1. The van der Waals surface area contributed by atoms with Crippen molar-refractivity contribution in [2.45, 2.75) is 33.2 Å². The maximum Gasteiger partial charge on any atom is 0.0811 e. The van der Waals surface area contributed by atoms with Crippen LogP contribution in [0.2, 0.25) is 0 Å². The van der Waals surface area contributed by atoms with E-state index in [9.17, 15) is 0 Å². The molecule has 0 spiro atoms. The Bertz CT molecular complexity index is 347. The molecule has 1 aromatic heterocycles. The molecule has 15 heavy (non-hydrogen) atoms. The molecule has 0 aliphatic rings. The smallest absolute Gasteiger partial charge is 0.0811 e. The second-order valence-electron chi connectivity index (χ2n) is 3.93. The third-order valence-corrected chi connectivity index (χ3v) is 2.33. The van der Waals surface area contributed by atoms with E-state index >= 15 is 0 Å². The summed E-state index contributed by atoms with van der Waals surface area (Å²) >= 11 is 0. The number of hydrazine groups is 1. The maximum atomic E-state index is 5.54. The molecule has 3 N–H and O–H groups in total. The van der Waals surface area contributed by atoms with E-state index in [1.54, 1.807) is 0 Å². The van der Waals surface area contributed by atoms with Gasteiger partial charge in [0.05, 0.1) is 17.4 Å². The number of aryl methyl sites for hydroxylation is 2. The number of aromatic nitrogens is 2. The topological polar surface area (TPSA) is 55.9 Å². The third-order valence-electron chi connectivity index (χ3n) is 2.33. The molecule has 0 saturated heterocycles. The van der Waals surface area contributed by atoms with E-state index in [0.29, 0.717) is 0 Å². The van der Waals surface area contributed by atoms with Crippen LogP contribution in [0.25, 0.3) is 0 Å². The summed E-state index contributed by atoms with van der Waals surface area (Å²) in [4.78, 5) is 0. The fourth-order valence-corrected chi connectivity index (χ4v) is 1.56. The van der Waals surface area contributed by atoms with E-state index in [-0.39, 0.29) is 6.04 Å². The van der Waals surface area contributed by atoms with Gasteiger partial charge in [0.25, 0.3) is 0 Å². The average Bonchev–Trinajstić information content (AvgIpc) is 2.56. The molecular formula is C11H20N4. The molecule has 1 rings (SSSR count). The standard InChI is InChI=1S/C11H20N4/c1-5-9-7-11(15(4)14-9)10(13-12)6-8(2)3/h6-7,10,13H,5,12H2,1-4H3. The number of nitrogens with zero attached hydrogens (tertiary/aromatic N) is 2. The van der Waals surface area contributed by atoms with Crippen molar-refractivity contribution in [3.63, 3.8) is 0 Å². The van der Waals surface area contributed by atoms with Gasteiger partial charge in [-0.2, -0.15) is 5.10 Å². The number of hydrogen-bond acceptors (Lipinski definition) is 3. The van der Waals surface area contributed by atoms with Crippen LogP contribution in [0.15, 0.2) is 17.7 Å². The van der Waals surface area contributed by atoms with Crippen molar-refractivity contribution >= 4 is 0 Å². The molecule has 0 radical (unpaired) electrons. The van der Waals surface area contributed by atoms with Gasteiger partial charge in [0.2, 0.25) is 0 Å². The van der Waals surface area contributed by atoms with Crippen LogP contribution in [0.3, 0.4) is 0 Å². The first-order valence-electron chi connectivity index (χ1n) is 5.22. The van der Waals surface area contributed by atoms with Gasteiger partial charge in [-0.15, -0.1) is 0 Å². The molecular weight excluding hydrogens is 188 g/mol. The first-order chi connectivity index (χ1) is 7.08. The Kier molecular flexibility index (Phi) is 4.05. The highest BCUT2D eigenvalue weighted by Crippen LogP contribution is 2.16. The van der Waals surface area contributed by atoms with Gasteiger partial charge < -0.3 is 0 Å². The maximum absolute atomic E-state index is 5.54. The Morgan fingerprint density at radius 2 is 2.33 bits per heavy atom. The monoisotopic (exact) mass is 208 g/mol. The van der Waals surface area contributed by atoms with Crippen LogP contribution in [0, 0.1) is 0 Å². The minimum Gasteiger partial charge on any atom is -0.271 e. The van der Waals surface area contributed by atoms with Gasteiger partial charge in [0.15, 0.2) is 0 Å². The Morgan fingerprint density at radius 3 is 2.73 bits per heavy atom. The molecule has 84 valence electrons. The molecule has 1 atom stereocenters. The van der Waals surface area contributed by atoms with Crippen LogP contribution in [0.4, 0.5) is 0 Å². The van der Waals surface area contributed by atoms with E-state index < -0.39 is 0 Å². The van der Waals surface area contributed by atoms with Gasteiger partial charge in [-0.1, -0.05) is 18.6 Å². The summed E-state index contributed by atoms with van der Waals surface area (Å²) in [5.41, 5.74) is 6.21. The molecule has 0 fully saturated rings. The second kappa shape index (κ2) is 5.09. The summed E-state index contributed by atoms with van der Waals surface area (Å²) in [7, 11) is 1.94. The summed E-state index contributed by atoms with van der Waals surface area (Å²) in [5, 5.41) is 4.40. The van der Waals surface area contributed by atoms with Crippen LogP contribution >= 0.6 is 0 Å². The zero-order valence-corrected chi connectivity index (χ0v) is 9.91. The SMILES string of the molecule is CCc1cc(C(C=C(C)C)NN)n(C)n1. The quantitative estimate of drug-likeness (QED) is 0.447. The van der Waals surface area contributed by atoms with Crippen LogP contribution in [-0.4, -0.2) is 9.78 Å². The largest absolute Gasteiger partial charge is 0.271 e. The summed E-state index contributed by atoms with van der Waals surface area (Å²) in [6.45, 7) is 6.21. The average molecular weight is 208 g/mol. The minimum absolute atomic E-state index is 0.0350. The molecule has 0 amide bonds. The number of hydrogen-bond donors (Lipinski definition) is 2. The lowest BCUT2D eigenvalue weighted by Gasteiger charge is -2.12. The van der Waals surface area contributed by atoms with Gasteiger partial charge in [-0.05, 0) is 26.3 Å². The number of allylic oxidation sites excluding steroid dienone is 1. The van der Waals surface area contributed by atoms with Gasteiger partial charge in [-0.3, -0.25) is 10.5 Å². The van der Waals surface area contributed by atoms with Crippen LogP contribution in [-0.2, 0) is 13.5 Å². The van der Waals surface area contributed by atoms with Gasteiger partial charge in [-0.25, -0.2) is 5.43 Å². The van der Waals surface area contributed by atoms with Crippen molar-refractivity contribution in [2.75, 3.05) is 0 Å². The zero-order valence-electron chi connectivity index (χ0n) is 9.91. The van der Waals surface area contributed by atoms with Crippen LogP contribution < -0.4 is 11.3 Å². The third kappa shape index (κ3) is 2.91. The van der Waals surface area contributed by atoms with Gasteiger partial charge in [0.1, 0.15) is 0 Å². The molecule has 0 bridgehead atoms. The molecule has 0 aliphatic carbocycles. The Hall–Kier alpha value is -1.13. The van der Waals surface area contributed by atoms with E-state index in [4.69, 9.17) is 5.84 Å². The molecule has 0 aromatic carbocycles. The normalized spacial score (nSPS) is 12.6. The highest BCUT2D eigenvalue weighted by atomic mass is 15.3. The molecule has 1 aromatic rings. The summed E-state index contributed by atoms with van der Waals surface area (Å²) in [5.74, 6) is 5.54. The van der Waals surface area contributed by atoms with Crippen LogP contribution in [0.5, 0.6) is 0 Å². The van der Waals surface area contributed by atoms with E-state index in [0.717, 1.165) is 17.8 Å². The number of rotatable bonds is 4. The lowest BCUT2D eigenvalue weighted by molar-refractivity contribution is 0.584. The summed E-state index contributed by atoms with van der Waals surface area (Å²) in [6, 6.07) is 2.12. The molecule has 1 heterocycles. The lowest BCUT2D eigenvalue weighted by atomic mass is 10.1. The van der Waals surface area contributed by atoms with Crippen molar-refractivity contribution in [3.8, 4) is 0 Å². The van der Waals surface area contributed by atoms with E-state index in [1.165, 1.54) is 5.57 Å². The fourth-order valence-electron chi connectivity index (χ4n) is 1.56. The highest BCUT2D eigenvalue weighted by molar-refractivity contribution is 5.20. The molecule has 4 heteroatoms. The Balaban J connectivity index is 3.01. The van der Waals surface area contributed by atoms with Crippen molar-refractivity contribution in [2.24, 2.45) is 12.9 Å². The van der Waals surface area contributed by atoms with Crippen molar-refractivity contribution < 1.29 is 0 Å². The lowest BCUT2D eigenvalue weighted by Crippen LogP contribution is -2.28. The molecule has 0 saturated carbocycles. The predicted octanol–water partition coefficient (Wildman–Crippen LogP) is 1.45. The second-order valence-corrected chi connectivity index (χ2v) is 3.93. The van der Waals surface area contributed by atoms with E-state index in [2.05, 4.69) is 43.4 Å².